The molecule has 0 aliphatic carbocycles. The van der Waals surface area contributed by atoms with Gasteiger partial charge >= 0.3 is 5.97 Å². The first-order chi connectivity index (χ1) is 17.9. The maximum atomic E-state index is 13.6. The number of ether oxygens (including phenoxy) is 3. The number of amides is 1. The number of benzene rings is 2. The van der Waals surface area contributed by atoms with Crippen molar-refractivity contribution in [3.05, 3.63) is 76.3 Å². The van der Waals surface area contributed by atoms with E-state index in [9.17, 15) is 9.59 Å². The topological polar surface area (TPSA) is 89.5 Å². The van der Waals surface area contributed by atoms with Crippen LogP contribution in [-0.2, 0) is 14.3 Å². The molecule has 2 heterocycles. The van der Waals surface area contributed by atoms with Crippen molar-refractivity contribution in [2.75, 3.05) is 20.8 Å². The van der Waals surface area contributed by atoms with E-state index in [-0.39, 0.29) is 25.0 Å². The number of methoxy groups -OCH3 is 2. The molecule has 0 saturated heterocycles. The number of fused-ring (bicyclic) bond motifs is 1. The zero-order valence-electron chi connectivity index (χ0n) is 21.6. The molecule has 2 aliphatic rings. The first-order valence-corrected chi connectivity index (χ1v) is 13.0. The number of carbonyl (C=O) groups is 2. The summed E-state index contributed by atoms with van der Waals surface area (Å²) in [5, 5.41) is 5.52. The third-order valence-electron chi connectivity index (χ3n) is 5.87. The van der Waals surface area contributed by atoms with E-state index in [0.717, 1.165) is 11.3 Å². The number of esters is 1. The van der Waals surface area contributed by atoms with Gasteiger partial charge in [-0.15, -0.1) is 0 Å². The van der Waals surface area contributed by atoms with Gasteiger partial charge in [-0.1, -0.05) is 54.2 Å². The third kappa shape index (κ3) is 5.36. The molecule has 8 nitrogen and oxygen atoms in total. The number of nitrogens with one attached hydrogen (secondary N) is 1. The number of para-hydroxylation sites is 1. The lowest BCUT2D eigenvalue weighted by Gasteiger charge is -2.37. The van der Waals surface area contributed by atoms with Crippen LogP contribution in [-0.4, -0.2) is 48.8 Å². The molecule has 0 saturated carbocycles. The van der Waals surface area contributed by atoms with Crippen LogP contribution in [0.25, 0.3) is 5.70 Å². The molecule has 1 amide bonds. The second kappa shape index (κ2) is 11.6. The van der Waals surface area contributed by atoms with Gasteiger partial charge in [0.25, 0.3) is 0 Å². The van der Waals surface area contributed by atoms with Crippen LogP contribution in [0.4, 0.5) is 0 Å². The first kappa shape index (κ1) is 26.3. The van der Waals surface area contributed by atoms with Crippen molar-refractivity contribution in [1.82, 2.24) is 10.2 Å². The zero-order valence-corrected chi connectivity index (χ0v) is 22.4. The summed E-state index contributed by atoms with van der Waals surface area (Å²) in [5.41, 5.74) is 3.10. The van der Waals surface area contributed by atoms with Crippen LogP contribution in [0.5, 0.6) is 11.5 Å². The second-order valence-corrected chi connectivity index (χ2v) is 9.56. The van der Waals surface area contributed by atoms with Crippen molar-refractivity contribution in [3.8, 4) is 11.5 Å². The molecule has 0 radical (unpaired) electrons. The highest BCUT2D eigenvalue weighted by Gasteiger charge is 2.43. The van der Waals surface area contributed by atoms with Gasteiger partial charge in [-0.05, 0) is 32.2 Å². The lowest BCUT2D eigenvalue weighted by Crippen LogP contribution is -2.39. The molecule has 9 heteroatoms. The fraction of sp³-hybridized carbons (Fsp3) is 0.321. The van der Waals surface area contributed by atoms with E-state index in [1.165, 1.54) is 11.8 Å². The molecule has 0 fully saturated rings. The number of amidine groups is 1. The summed E-state index contributed by atoms with van der Waals surface area (Å²) in [6, 6.07) is 14.4. The quantitative estimate of drug-likeness (QED) is 0.470. The highest BCUT2D eigenvalue weighted by Crippen LogP contribution is 2.50. The Labute approximate surface area is 221 Å². The number of hydrogen-bond donors (Lipinski definition) is 1. The number of aliphatic imine (C=N–C) groups is 1. The van der Waals surface area contributed by atoms with Crippen molar-refractivity contribution < 1.29 is 23.8 Å². The summed E-state index contributed by atoms with van der Waals surface area (Å²) in [4.78, 5) is 33.3. The lowest BCUT2D eigenvalue weighted by molar-refractivity contribution is -0.139. The van der Waals surface area contributed by atoms with Crippen LogP contribution < -0.4 is 14.8 Å². The molecular weight excluding hydrogens is 490 g/mol. The van der Waals surface area contributed by atoms with Crippen molar-refractivity contribution in [2.24, 2.45) is 4.99 Å². The standard InChI is InChI=1S/C28H31N3O5S/c1-6-36-27(33)23-24(18-11-8-7-9-12-18)30-28-31(19(16-37-28)15-22(32)29-17(2)3)25(23)20-13-10-14-21(34-4)26(20)35-5/h7-14,16-17,25H,6,15H2,1-5H3,(H,29,32)/t25-/m0/s1. The van der Waals surface area contributed by atoms with Gasteiger partial charge in [-0.2, -0.15) is 0 Å². The monoisotopic (exact) mass is 521 g/mol. The summed E-state index contributed by atoms with van der Waals surface area (Å²) in [7, 11) is 3.14. The highest BCUT2D eigenvalue weighted by atomic mass is 32.2. The molecule has 0 aromatic heterocycles. The molecule has 2 aromatic carbocycles. The molecule has 194 valence electrons. The molecule has 37 heavy (non-hydrogen) atoms. The zero-order chi connectivity index (χ0) is 26.5. The van der Waals surface area contributed by atoms with Gasteiger partial charge in [0, 0.05) is 22.9 Å². The molecule has 0 spiro atoms. The molecule has 2 aromatic rings. The average molecular weight is 522 g/mol. The summed E-state index contributed by atoms with van der Waals surface area (Å²) in [6.45, 7) is 5.81. The van der Waals surface area contributed by atoms with E-state index in [4.69, 9.17) is 19.2 Å². The molecular formula is C28H31N3O5S. The number of nitrogens with zero attached hydrogens (tertiary/aromatic N) is 2. The maximum absolute atomic E-state index is 13.6. The van der Waals surface area contributed by atoms with Gasteiger partial charge in [-0.25, -0.2) is 9.79 Å². The Kier molecular flexibility index (Phi) is 8.23. The molecule has 0 bridgehead atoms. The van der Waals surface area contributed by atoms with Crippen LogP contribution in [0, 0.1) is 0 Å². The highest BCUT2D eigenvalue weighted by molar-refractivity contribution is 8.16. The van der Waals surface area contributed by atoms with Crippen LogP contribution in [0.15, 0.2) is 70.2 Å². The van der Waals surface area contributed by atoms with Crippen molar-refractivity contribution in [1.29, 1.82) is 0 Å². The smallest absolute Gasteiger partial charge is 0.338 e. The lowest BCUT2D eigenvalue weighted by atomic mass is 9.90. The number of rotatable bonds is 9. The van der Waals surface area contributed by atoms with E-state index in [2.05, 4.69) is 5.32 Å². The van der Waals surface area contributed by atoms with Crippen molar-refractivity contribution >= 4 is 34.5 Å². The number of hydrogen-bond acceptors (Lipinski definition) is 8. The SMILES string of the molecule is CCOC(=O)C1=C(c2ccccc2)N=C2SC=C(CC(=O)NC(C)C)N2[C@H]1c1cccc(OC)c1OC. The Morgan fingerprint density at radius 3 is 2.49 bits per heavy atom. The van der Waals surface area contributed by atoms with Gasteiger partial charge in [0.15, 0.2) is 16.7 Å². The summed E-state index contributed by atoms with van der Waals surface area (Å²) in [6.07, 6.45) is 0.129. The predicted molar refractivity (Wildman–Crippen MR) is 145 cm³/mol. The second-order valence-electron chi connectivity index (χ2n) is 8.72. The molecule has 0 unspecified atom stereocenters. The molecule has 1 atom stereocenters. The van der Waals surface area contributed by atoms with Crippen molar-refractivity contribution in [3.63, 3.8) is 0 Å². The van der Waals surface area contributed by atoms with Crippen molar-refractivity contribution in [2.45, 2.75) is 39.3 Å². The Hall–Kier alpha value is -3.72. The summed E-state index contributed by atoms with van der Waals surface area (Å²) >= 11 is 1.42. The van der Waals surface area contributed by atoms with Gasteiger partial charge in [-0.3, -0.25) is 4.79 Å². The minimum absolute atomic E-state index is 0.00518. The minimum atomic E-state index is -0.667. The Bertz CT molecular complexity index is 1270. The van der Waals surface area contributed by atoms with E-state index in [0.29, 0.717) is 33.5 Å². The fourth-order valence-corrected chi connectivity index (χ4v) is 5.37. The Morgan fingerprint density at radius 2 is 1.84 bits per heavy atom. The van der Waals surface area contributed by atoms with Gasteiger partial charge in [0.2, 0.25) is 5.91 Å². The average Bonchev–Trinajstić information content (AvgIpc) is 3.29. The van der Waals surface area contributed by atoms with Gasteiger partial charge in [0.1, 0.15) is 0 Å². The summed E-state index contributed by atoms with van der Waals surface area (Å²) in [5.74, 6) is 0.425. The van der Waals surface area contributed by atoms with Crippen LogP contribution in [0.1, 0.15) is 44.4 Å². The Morgan fingerprint density at radius 1 is 1.08 bits per heavy atom. The maximum Gasteiger partial charge on any atom is 0.338 e. The Balaban J connectivity index is 1.95. The van der Waals surface area contributed by atoms with Gasteiger partial charge < -0.3 is 24.4 Å². The molecule has 4 rings (SSSR count). The number of thioether (sulfide) groups is 1. The first-order valence-electron chi connectivity index (χ1n) is 12.1. The summed E-state index contributed by atoms with van der Waals surface area (Å²) < 4.78 is 16.9. The van der Waals surface area contributed by atoms with Crippen LogP contribution in [0.2, 0.25) is 0 Å². The third-order valence-corrected chi connectivity index (χ3v) is 6.76. The van der Waals surface area contributed by atoms with E-state index < -0.39 is 12.0 Å². The minimum Gasteiger partial charge on any atom is -0.493 e. The predicted octanol–water partition coefficient (Wildman–Crippen LogP) is 4.89. The largest absolute Gasteiger partial charge is 0.493 e. The van der Waals surface area contributed by atoms with Gasteiger partial charge in [0.05, 0.1) is 44.6 Å². The molecule has 2 aliphatic heterocycles. The van der Waals surface area contributed by atoms with E-state index in [1.54, 1.807) is 27.2 Å². The van der Waals surface area contributed by atoms with Crippen LogP contribution in [0.3, 0.4) is 0 Å². The number of carbonyl (C=O) groups excluding carboxylic acids is 2. The normalized spacial score (nSPS) is 16.7. The van der Waals surface area contributed by atoms with E-state index in [1.807, 2.05) is 66.6 Å². The van der Waals surface area contributed by atoms with E-state index >= 15 is 0 Å². The van der Waals surface area contributed by atoms with Crippen LogP contribution >= 0.6 is 11.8 Å². The molecule has 1 N–H and O–H groups in total. The fourth-order valence-electron chi connectivity index (χ4n) is 4.45.